The first-order chi connectivity index (χ1) is 9.09. The van der Waals surface area contributed by atoms with E-state index in [1.54, 1.807) is 7.11 Å². The molecule has 4 heteroatoms. The summed E-state index contributed by atoms with van der Waals surface area (Å²) in [7, 11) is -1.15. The molecule has 1 fully saturated rings. The van der Waals surface area contributed by atoms with Crippen molar-refractivity contribution in [3.05, 3.63) is 12.2 Å². The van der Waals surface area contributed by atoms with E-state index in [9.17, 15) is 8.42 Å². The molecule has 0 N–H and O–H groups in total. The molecule has 0 aliphatic heterocycles. The van der Waals surface area contributed by atoms with Crippen LogP contribution in [0.1, 0.15) is 40.5 Å². The highest BCUT2D eigenvalue weighted by molar-refractivity contribution is 7.90. The molecular formula is C16H30O3S. The molecule has 3 nitrogen and oxygen atoms in total. The Morgan fingerprint density at radius 3 is 2.30 bits per heavy atom. The molecule has 5 atom stereocenters. The van der Waals surface area contributed by atoms with E-state index < -0.39 is 9.84 Å². The van der Waals surface area contributed by atoms with Crippen molar-refractivity contribution in [1.29, 1.82) is 0 Å². The second kappa shape index (κ2) is 6.61. The number of allylic oxidation sites excluding steroid dienone is 1. The van der Waals surface area contributed by atoms with Crippen molar-refractivity contribution in [2.45, 2.75) is 46.1 Å². The zero-order chi connectivity index (χ0) is 15.6. The van der Waals surface area contributed by atoms with Crippen LogP contribution in [0, 0.1) is 23.7 Å². The SMILES string of the molecule is COC(C)(/C=C/[C@H](C)[C@H](C)CS(C)(=O)=O)[C@@H]1CC[C@H]1C. The van der Waals surface area contributed by atoms with E-state index in [1.165, 1.54) is 19.1 Å². The van der Waals surface area contributed by atoms with Gasteiger partial charge in [0, 0.05) is 13.4 Å². The molecule has 118 valence electrons. The fourth-order valence-corrected chi connectivity index (χ4v) is 4.28. The first-order valence-electron chi connectivity index (χ1n) is 7.51. The van der Waals surface area contributed by atoms with Gasteiger partial charge in [-0.15, -0.1) is 0 Å². The first-order valence-corrected chi connectivity index (χ1v) is 9.57. The van der Waals surface area contributed by atoms with E-state index in [1.807, 2.05) is 6.92 Å². The molecule has 20 heavy (non-hydrogen) atoms. The highest BCUT2D eigenvalue weighted by Gasteiger charge is 2.41. The normalized spacial score (nSPS) is 29.7. The summed E-state index contributed by atoms with van der Waals surface area (Å²) in [6, 6.07) is 0. The summed E-state index contributed by atoms with van der Waals surface area (Å²) in [6.45, 7) is 8.48. The summed E-state index contributed by atoms with van der Waals surface area (Å²) in [4.78, 5) is 0. The maximum Gasteiger partial charge on any atom is 0.147 e. The van der Waals surface area contributed by atoms with Gasteiger partial charge < -0.3 is 4.74 Å². The monoisotopic (exact) mass is 302 g/mol. The van der Waals surface area contributed by atoms with Crippen molar-refractivity contribution in [1.82, 2.24) is 0 Å². The van der Waals surface area contributed by atoms with Crippen molar-refractivity contribution in [3.63, 3.8) is 0 Å². The van der Waals surface area contributed by atoms with Crippen LogP contribution < -0.4 is 0 Å². The Hall–Kier alpha value is -0.350. The van der Waals surface area contributed by atoms with Crippen LogP contribution in [-0.2, 0) is 14.6 Å². The summed E-state index contributed by atoms with van der Waals surface area (Å²) in [5.74, 6) is 1.87. The minimum Gasteiger partial charge on any atom is -0.374 e. The molecular weight excluding hydrogens is 272 g/mol. The van der Waals surface area contributed by atoms with Gasteiger partial charge in [0.2, 0.25) is 0 Å². The third-order valence-corrected chi connectivity index (χ3v) is 6.12. The predicted octanol–water partition coefficient (Wildman–Crippen LogP) is 3.31. The predicted molar refractivity (Wildman–Crippen MR) is 84.5 cm³/mol. The summed E-state index contributed by atoms with van der Waals surface area (Å²) in [6.07, 6.45) is 8.07. The Kier molecular flexibility index (Phi) is 5.85. The largest absolute Gasteiger partial charge is 0.374 e. The van der Waals surface area contributed by atoms with E-state index in [2.05, 4.69) is 32.9 Å². The molecule has 0 aromatic carbocycles. The lowest BCUT2D eigenvalue weighted by Gasteiger charge is -2.45. The van der Waals surface area contributed by atoms with Crippen molar-refractivity contribution < 1.29 is 13.2 Å². The molecule has 0 aromatic heterocycles. The van der Waals surface area contributed by atoms with Crippen LogP contribution in [-0.4, -0.2) is 33.1 Å². The standard InChI is InChI=1S/C16H30O3S/c1-12(14(3)11-20(6,17)18)9-10-16(4,19-5)15-8-7-13(15)2/h9-10,12-15H,7-8,11H2,1-6H3/b10-9+/t12-,13+,14+,15+,16?/m0/s1. The van der Waals surface area contributed by atoms with Crippen LogP contribution in [0.2, 0.25) is 0 Å². The van der Waals surface area contributed by atoms with Crippen LogP contribution in [0.15, 0.2) is 12.2 Å². The summed E-state index contributed by atoms with van der Waals surface area (Å²) in [5, 5.41) is 0. The first kappa shape index (κ1) is 17.7. The number of hydrogen-bond acceptors (Lipinski definition) is 3. The van der Waals surface area contributed by atoms with E-state index >= 15 is 0 Å². The molecule has 1 unspecified atom stereocenters. The molecule has 1 rings (SSSR count). The number of rotatable bonds is 7. The lowest BCUT2D eigenvalue weighted by Crippen LogP contribution is -2.44. The van der Waals surface area contributed by atoms with Gasteiger partial charge in [-0.3, -0.25) is 0 Å². The van der Waals surface area contributed by atoms with E-state index in [4.69, 9.17) is 4.74 Å². The smallest absolute Gasteiger partial charge is 0.147 e. The number of hydrogen-bond donors (Lipinski definition) is 0. The lowest BCUT2D eigenvalue weighted by atomic mass is 9.66. The highest BCUT2D eigenvalue weighted by atomic mass is 32.2. The molecule has 0 radical (unpaired) electrons. The van der Waals surface area contributed by atoms with Crippen molar-refractivity contribution in [2.75, 3.05) is 19.1 Å². The molecule has 1 aliphatic carbocycles. The fraction of sp³-hybridized carbons (Fsp3) is 0.875. The third-order valence-electron chi connectivity index (χ3n) is 4.99. The Morgan fingerprint density at radius 1 is 1.35 bits per heavy atom. The van der Waals surface area contributed by atoms with Crippen LogP contribution >= 0.6 is 0 Å². The maximum absolute atomic E-state index is 11.4. The Labute approximate surface area is 124 Å². The average Bonchev–Trinajstić information content (AvgIpc) is 2.31. The number of methoxy groups -OCH3 is 1. The van der Waals surface area contributed by atoms with Gasteiger partial charge in [-0.25, -0.2) is 8.42 Å². The van der Waals surface area contributed by atoms with Crippen molar-refractivity contribution in [3.8, 4) is 0 Å². The van der Waals surface area contributed by atoms with Gasteiger partial charge in [0.15, 0.2) is 0 Å². The molecule has 0 bridgehead atoms. The van der Waals surface area contributed by atoms with Crippen molar-refractivity contribution in [2.24, 2.45) is 23.7 Å². The molecule has 0 spiro atoms. The minimum absolute atomic E-state index is 0.126. The van der Waals surface area contributed by atoms with Crippen LogP contribution in [0.5, 0.6) is 0 Å². The Morgan fingerprint density at radius 2 is 1.95 bits per heavy atom. The zero-order valence-electron chi connectivity index (χ0n) is 13.7. The summed E-state index contributed by atoms with van der Waals surface area (Å²) < 4.78 is 28.5. The van der Waals surface area contributed by atoms with Gasteiger partial charge in [-0.1, -0.05) is 32.9 Å². The second-order valence-electron chi connectivity index (χ2n) is 6.84. The van der Waals surface area contributed by atoms with Crippen LogP contribution in [0.3, 0.4) is 0 Å². The summed E-state index contributed by atoms with van der Waals surface area (Å²) in [5.41, 5.74) is -0.225. The van der Waals surface area contributed by atoms with E-state index in [-0.39, 0.29) is 23.2 Å². The second-order valence-corrected chi connectivity index (χ2v) is 9.02. The molecule has 1 saturated carbocycles. The number of sulfone groups is 1. The van der Waals surface area contributed by atoms with Gasteiger partial charge >= 0.3 is 0 Å². The van der Waals surface area contributed by atoms with Gasteiger partial charge in [-0.2, -0.15) is 0 Å². The maximum atomic E-state index is 11.4. The van der Waals surface area contributed by atoms with Gasteiger partial charge in [0.05, 0.1) is 11.4 Å². The molecule has 0 saturated heterocycles. The van der Waals surface area contributed by atoms with E-state index in [0.717, 1.165) is 0 Å². The van der Waals surface area contributed by atoms with Gasteiger partial charge in [0.1, 0.15) is 9.84 Å². The van der Waals surface area contributed by atoms with Gasteiger partial charge in [0.25, 0.3) is 0 Å². The third kappa shape index (κ3) is 4.59. The van der Waals surface area contributed by atoms with Crippen molar-refractivity contribution >= 4 is 9.84 Å². The average molecular weight is 302 g/mol. The molecule has 0 aromatic rings. The fourth-order valence-electron chi connectivity index (χ4n) is 3.02. The number of ether oxygens (including phenoxy) is 1. The van der Waals surface area contributed by atoms with E-state index in [0.29, 0.717) is 11.8 Å². The quantitative estimate of drug-likeness (QED) is 0.678. The molecule has 0 heterocycles. The minimum atomic E-state index is -2.91. The zero-order valence-corrected chi connectivity index (χ0v) is 14.5. The molecule has 0 amide bonds. The van der Waals surface area contributed by atoms with Crippen LogP contribution in [0.4, 0.5) is 0 Å². The Balaban J connectivity index is 2.69. The Bertz CT molecular complexity index is 441. The van der Waals surface area contributed by atoms with Crippen LogP contribution in [0.25, 0.3) is 0 Å². The highest BCUT2D eigenvalue weighted by Crippen LogP contribution is 2.43. The van der Waals surface area contributed by atoms with Gasteiger partial charge in [-0.05, 0) is 43.4 Å². The molecule has 1 aliphatic rings. The lowest BCUT2D eigenvalue weighted by molar-refractivity contribution is -0.0594. The summed E-state index contributed by atoms with van der Waals surface area (Å²) >= 11 is 0. The topological polar surface area (TPSA) is 43.4 Å².